The molecule has 0 saturated heterocycles. The maximum atomic E-state index is 8.74. The molecule has 0 bridgehead atoms. The van der Waals surface area contributed by atoms with E-state index in [0.29, 0.717) is 43.9 Å². The molecule has 0 amide bonds. The number of hydrogen-bond acceptors (Lipinski definition) is 6. The molecule has 10 N–H and O–H groups in total. The smallest absolute Gasteiger partial charge is 0.370 e. The van der Waals surface area contributed by atoms with Crippen LogP contribution in [0, 0.1) is 0 Å². The summed E-state index contributed by atoms with van der Waals surface area (Å²) in [5.41, 5.74) is 16.6. The van der Waals surface area contributed by atoms with Crippen LogP contribution in [0.4, 0.5) is 5.82 Å². The Bertz CT molecular complexity index is 612. The summed E-state index contributed by atoms with van der Waals surface area (Å²) in [6.07, 6.45) is 1.67. The third-order valence-corrected chi connectivity index (χ3v) is 2.03. The molecule has 0 saturated carbocycles. The predicted molar refractivity (Wildman–Crippen MR) is 92.1 cm³/mol. The Labute approximate surface area is 139 Å². The van der Waals surface area contributed by atoms with E-state index >= 15 is 0 Å². The van der Waals surface area contributed by atoms with Crippen LogP contribution in [-0.4, -0.2) is 60.6 Å². The van der Waals surface area contributed by atoms with Crippen molar-refractivity contribution in [1.82, 2.24) is 10.3 Å². The fourth-order valence-corrected chi connectivity index (χ4v) is 1.21. The van der Waals surface area contributed by atoms with Crippen LogP contribution in [0.15, 0.2) is 34.4 Å². The lowest BCUT2D eigenvalue weighted by atomic mass is 10.5. The highest BCUT2D eigenvalue weighted by Crippen LogP contribution is 1.98. The largest absolute Gasteiger partial charge is 0.394 e. The average molecular weight is 362 g/mol. The second-order valence-corrected chi connectivity index (χ2v) is 4.93. The van der Waals surface area contributed by atoms with E-state index in [1.54, 1.807) is 12.3 Å². The van der Waals surface area contributed by atoms with E-state index in [0.717, 1.165) is 0 Å². The van der Waals surface area contributed by atoms with E-state index in [-0.39, 0.29) is 0 Å². The molecule has 1 aromatic heterocycles. The zero-order valence-corrected chi connectivity index (χ0v) is 13.6. The fourth-order valence-electron chi connectivity index (χ4n) is 1.21. The first-order valence-corrected chi connectivity index (χ1v) is 8.03. The summed E-state index contributed by atoms with van der Waals surface area (Å²) in [4.78, 5) is 12.2. The number of nitrogens with zero attached hydrogens (tertiary/aromatic N) is 3. The first kappa shape index (κ1) is 21.5. The second kappa shape index (κ2) is 12.0. The van der Waals surface area contributed by atoms with E-state index in [1.165, 1.54) is 0 Å². The third kappa shape index (κ3) is 15.9. The number of nitrogens with two attached hydrogens (primary N) is 3. The number of aliphatic imine (C=N–C) groups is 2. The normalized spacial score (nSPS) is 12.1. The van der Waals surface area contributed by atoms with Crippen molar-refractivity contribution in [2.45, 2.75) is 0 Å². The fraction of sp³-hybridized carbons (Fsp3) is 0.364. The number of hydrogen-bond donors (Lipinski definition) is 7. The van der Waals surface area contributed by atoms with Crippen molar-refractivity contribution in [2.24, 2.45) is 27.2 Å². The van der Waals surface area contributed by atoms with Gasteiger partial charge in [-0.2, -0.15) is 8.42 Å². The molecule has 0 aromatic carbocycles. The van der Waals surface area contributed by atoms with Gasteiger partial charge in [0.25, 0.3) is 0 Å². The molecule has 0 aliphatic heterocycles. The van der Waals surface area contributed by atoms with Crippen LogP contribution in [0.1, 0.15) is 0 Å². The lowest BCUT2D eigenvalue weighted by Gasteiger charge is -2.05. The van der Waals surface area contributed by atoms with Gasteiger partial charge in [-0.3, -0.25) is 19.1 Å². The molecule has 24 heavy (non-hydrogen) atoms. The predicted octanol–water partition coefficient (Wildman–Crippen LogP) is -1.98. The van der Waals surface area contributed by atoms with Gasteiger partial charge in [-0.15, -0.1) is 0 Å². The van der Waals surface area contributed by atoms with Gasteiger partial charge in [0.1, 0.15) is 5.82 Å². The molecule has 0 spiro atoms. The molecule has 0 unspecified atom stereocenters. The maximum Gasteiger partial charge on any atom is 0.394 e. The summed E-state index contributed by atoms with van der Waals surface area (Å²) in [7, 11) is -4.67. The molecule has 1 rings (SSSR count). The number of pyridine rings is 1. The Hall–Kier alpha value is -2.48. The van der Waals surface area contributed by atoms with E-state index in [1.807, 2.05) is 12.1 Å². The van der Waals surface area contributed by atoms with Crippen molar-refractivity contribution in [2.75, 3.05) is 31.5 Å². The summed E-state index contributed by atoms with van der Waals surface area (Å²) in [5, 5.41) is 5.78. The number of anilines is 1. The summed E-state index contributed by atoms with van der Waals surface area (Å²) in [6.45, 7) is 2.00. The van der Waals surface area contributed by atoms with Crippen LogP contribution < -0.4 is 27.8 Å². The Kier molecular flexibility index (Phi) is 10.8. The van der Waals surface area contributed by atoms with Gasteiger partial charge in [0.05, 0.1) is 13.1 Å². The van der Waals surface area contributed by atoms with Gasteiger partial charge in [0.15, 0.2) is 11.9 Å². The van der Waals surface area contributed by atoms with Gasteiger partial charge in [-0.1, -0.05) is 6.07 Å². The van der Waals surface area contributed by atoms with Crippen LogP contribution >= 0.6 is 0 Å². The van der Waals surface area contributed by atoms with Crippen LogP contribution in [0.2, 0.25) is 0 Å². The van der Waals surface area contributed by atoms with Crippen molar-refractivity contribution in [3.63, 3.8) is 0 Å². The summed E-state index contributed by atoms with van der Waals surface area (Å²) in [6, 6.07) is 5.49. The van der Waals surface area contributed by atoms with Crippen LogP contribution in [-0.2, 0) is 10.4 Å². The van der Waals surface area contributed by atoms with Crippen molar-refractivity contribution >= 4 is 28.1 Å². The van der Waals surface area contributed by atoms with Crippen molar-refractivity contribution < 1.29 is 17.5 Å². The average Bonchev–Trinajstić information content (AvgIpc) is 2.49. The van der Waals surface area contributed by atoms with E-state index in [2.05, 4.69) is 25.6 Å². The molecule has 12 nitrogen and oxygen atoms in total. The van der Waals surface area contributed by atoms with E-state index < -0.39 is 10.4 Å². The van der Waals surface area contributed by atoms with Crippen molar-refractivity contribution in [3.8, 4) is 0 Å². The molecular weight excluding hydrogens is 340 g/mol. The highest BCUT2D eigenvalue weighted by Gasteiger charge is 1.94. The lowest BCUT2D eigenvalue weighted by Crippen LogP contribution is -2.34. The highest BCUT2D eigenvalue weighted by molar-refractivity contribution is 7.79. The number of nitrogens with one attached hydrogen (secondary N) is 2. The Morgan fingerprint density at radius 2 is 1.79 bits per heavy atom. The molecule has 136 valence electrons. The summed E-state index contributed by atoms with van der Waals surface area (Å²) >= 11 is 0. The quantitative estimate of drug-likeness (QED) is 0.128. The topological polar surface area (TPSA) is 214 Å². The lowest BCUT2D eigenvalue weighted by molar-refractivity contribution is 0.381. The monoisotopic (exact) mass is 362 g/mol. The van der Waals surface area contributed by atoms with Gasteiger partial charge in [-0.05, 0) is 12.1 Å². The number of rotatable bonds is 6. The van der Waals surface area contributed by atoms with Gasteiger partial charge in [0, 0.05) is 19.3 Å². The number of guanidine groups is 2. The molecule has 1 heterocycles. The van der Waals surface area contributed by atoms with Gasteiger partial charge in [0.2, 0.25) is 0 Å². The van der Waals surface area contributed by atoms with Crippen LogP contribution in [0.3, 0.4) is 0 Å². The standard InChI is InChI=1S/C11H20N8.H2O4S/c12-4-6-16-10(13)17-7-8-18-11(14)19-9-3-1-2-5-15-9;1-5(2,3)4/h1-3,5H,4,6-8,12H2,(H3,13,16,17)(H3,14,15,18,19);(H2,1,2,3,4). The van der Waals surface area contributed by atoms with Crippen LogP contribution in [0.5, 0.6) is 0 Å². The molecule has 13 heteroatoms. The van der Waals surface area contributed by atoms with E-state index in [4.69, 9.17) is 34.7 Å². The molecule has 0 aliphatic rings. The molecule has 0 aliphatic carbocycles. The Morgan fingerprint density at radius 3 is 2.33 bits per heavy atom. The third-order valence-electron chi connectivity index (χ3n) is 2.03. The van der Waals surface area contributed by atoms with Crippen molar-refractivity contribution in [1.29, 1.82) is 0 Å². The van der Waals surface area contributed by atoms with Gasteiger partial charge in [-0.25, -0.2) is 4.98 Å². The zero-order valence-electron chi connectivity index (χ0n) is 12.8. The van der Waals surface area contributed by atoms with E-state index in [9.17, 15) is 0 Å². The highest BCUT2D eigenvalue weighted by atomic mass is 32.3. The summed E-state index contributed by atoms with van der Waals surface area (Å²) in [5.74, 6) is 1.32. The maximum absolute atomic E-state index is 8.74. The molecule has 0 fully saturated rings. The SMILES string of the molecule is NCCN=C(N)NCCN=C(N)Nc1ccccn1.O=S(=O)(O)O. The Balaban J connectivity index is 0.000000922. The van der Waals surface area contributed by atoms with Crippen molar-refractivity contribution in [3.05, 3.63) is 24.4 Å². The van der Waals surface area contributed by atoms with Crippen LogP contribution in [0.25, 0.3) is 0 Å². The zero-order chi connectivity index (χ0) is 18.4. The molecule has 0 radical (unpaired) electrons. The minimum atomic E-state index is -4.67. The first-order valence-electron chi connectivity index (χ1n) is 6.64. The molecule has 0 atom stereocenters. The molecule has 1 aromatic rings. The Morgan fingerprint density at radius 1 is 1.17 bits per heavy atom. The minimum absolute atomic E-state index is 0.304. The number of aromatic nitrogens is 1. The molecular formula is C11H22N8O4S. The van der Waals surface area contributed by atoms with Gasteiger partial charge >= 0.3 is 10.4 Å². The van der Waals surface area contributed by atoms with Gasteiger partial charge < -0.3 is 27.8 Å². The minimum Gasteiger partial charge on any atom is -0.370 e. The summed E-state index contributed by atoms with van der Waals surface area (Å²) < 4.78 is 31.6. The second-order valence-electron chi connectivity index (χ2n) is 4.04. The first-order chi connectivity index (χ1) is 11.2.